The summed E-state index contributed by atoms with van der Waals surface area (Å²) in [5.41, 5.74) is 1.30. The molecule has 0 fully saturated rings. The zero-order valence-electron chi connectivity index (χ0n) is 7.12. The smallest absolute Gasteiger partial charge is 0.297 e. The van der Waals surface area contributed by atoms with Crippen LogP contribution in [0.25, 0.3) is 0 Å². The fraction of sp³-hybridized carbons (Fsp3) is 0.250. The van der Waals surface area contributed by atoms with E-state index in [1.54, 1.807) is 0 Å². The van der Waals surface area contributed by atoms with Gasteiger partial charge in [-0.3, -0.25) is 4.55 Å². The highest BCUT2D eigenvalue weighted by molar-refractivity contribution is 7.85. The standard InChI is InChI=1S/C8H8FNO3S/c9-6-3-5-1-2-10-7(5)4-8(6)14(11,12)13/h3-4,10H,1-2H2,(H,11,12,13). The highest BCUT2D eigenvalue weighted by Crippen LogP contribution is 2.27. The molecule has 0 atom stereocenters. The van der Waals surface area contributed by atoms with Gasteiger partial charge in [-0.2, -0.15) is 8.42 Å². The lowest BCUT2D eigenvalue weighted by atomic mass is 10.2. The Balaban J connectivity index is 2.65. The third-order valence-electron chi connectivity index (χ3n) is 2.15. The molecule has 0 saturated heterocycles. The molecular formula is C8H8FNO3S. The van der Waals surface area contributed by atoms with Crippen molar-refractivity contribution in [2.24, 2.45) is 0 Å². The number of hydrogen-bond donors (Lipinski definition) is 2. The van der Waals surface area contributed by atoms with Gasteiger partial charge >= 0.3 is 0 Å². The Hall–Kier alpha value is -1.14. The van der Waals surface area contributed by atoms with Crippen molar-refractivity contribution in [3.05, 3.63) is 23.5 Å². The summed E-state index contributed by atoms with van der Waals surface area (Å²) >= 11 is 0. The van der Waals surface area contributed by atoms with E-state index in [9.17, 15) is 12.8 Å². The van der Waals surface area contributed by atoms with Gasteiger partial charge in [0.25, 0.3) is 10.1 Å². The lowest BCUT2D eigenvalue weighted by Crippen LogP contribution is -2.02. The van der Waals surface area contributed by atoms with Crippen LogP contribution >= 0.6 is 0 Å². The monoisotopic (exact) mass is 217 g/mol. The molecule has 14 heavy (non-hydrogen) atoms. The number of benzene rings is 1. The average molecular weight is 217 g/mol. The Morgan fingerprint density at radius 1 is 1.43 bits per heavy atom. The molecule has 1 aromatic carbocycles. The second-order valence-corrected chi connectivity index (χ2v) is 4.48. The van der Waals surface area contributed by atoms with E-state index in [1.165, 1.54) is 0 Å². The number of hydrogen-bond acceptors (Lipinski definition) is 3. The van der Waals surface area contributed by atoms with Gasteiger partial charge in [-0.15, -0.1) is 0 Å². The molecule has 0 spiro atoms. The van der Waals surface area contributed by atoms with Crippen LogP contribution in [0, 0.1) is 5.82 Å². The zero-order valence-corrected chi connectivity index (χ0v) is 7.94. The molecule has 0 aliphatic carbocycles. The normalized spacial score (nSPS) is 15.0. The molecule has 1 aromatic rings. The third-order valence-corrected chi connectivity index (χ3v) is 3.01. The maximum absolute atomic E-state index is 13.2. The van der Waals surface area contributed by atoms with Crippen molar-refractivity contribution in [3.8, 4) is 0 Å². The van der Waals surface area contributed by atoms with E-state index in [1.807, 2.05) is 0 Å². The van der Waals surface area contributed by atoms with Crippen LogP contribution in [0.15, 0.2) is 17.0 Å². The van der Waals surface area contributed by atoms with Crippen LogP contribution in [0.1, 0.15) is 5.56 Å². The predicted octanol–water partition coefficient (Wildman–Crippen LogP) is 1.04. The third kappa shape index (κ3) is 1.46. The van der Waals surface area contributed by atoms with E-state index >= 15 is 0 Å². The summed E-state index contributed by atoms with van der Waals surface area (Å²) in [6.45, 7) is 0.656. The lowest BCUT2D eigenvalue weighted by molar-refractivity contribution is 0.473. The van der Waals surface area contributed by atoms with E-state index < -0.39 is 20.8 Å². The van der Waals surface area contributed by atoms with Gasteiger partial charge in [-0.1, -0.05) is 0 Å². The number of halogens is 1. The van der Waals surface area contributed by atoms with Crippen molar-refractivity contribution in [1.82, 2.24) is 0 Å². The molecule has 76 valence electrons. The Labute approximate surface area is 80.5 Å². The van der Waals surface area contributed by atoms with Crippen LogP contribution in [0.5, 0.6) is 0 Å². The quantitative estimate of drug-likeness (QED) is 0.690. The maximum Gasteiger partial charge on any atom is 0.297 e. The Morgan fingerprint density at radius 3 is 2.79 bits per heavy atom. The number of fused-ring (bicyclic) bond motifs is 1. The fourth-order valence-corrected chi connectivity index (χ4v) is 2.07. The topological polar surface area (TPSA) is 66.4 Å². The van der Waals surface area contributed by atoms with Crippen molar-refractivity contribution in [3.63, 3.8) is 0 Å². The van der Waals surface area contributed by atoms with Crippen molar-refractivity contribution >= 4 is 15.8 Å². The number of nitrogens with one attached hydrogen (secondary N) is 1. The summed E-state index contributed by atoms with van der Waals surface area (Å²) < 4.78 is 43.4. The molecule has 0 bridgehead atoms. The van der Waals surface area contributed by atoms with Gasteiger partial charge in [0.1, 0.15) is 10.7 Å². The second kappa shape index (κ2) is 2.93. The molecule has 1 aliphatic heterocycles. The number of anilines is 1. The second-order valence-electron chi connectivity index (χ2n) is 3.09. The molecule has 0 aromatic heterocycles. The van der Waals surface area contributed by atoms with E-state index in [2.05, 4.69) is 5.32 Å². The summed E-state index contributed by atoms with van der Waals surface area (Å²) in [5, 5.41) is 2.90. The molecule has 0 amide bonds. The molecule has 1 heterocycles. The van der Waals surface area contributed by atoms with Gasteiger partial charge in [0.2, 0.25) is 0 Å². The SMILES string of the molecule is O=S(=O)(O)c1cc2c(cc1F)CCN2. The first-order valence-corrected chi connectivity index (χ1v) is 5.46. The Morgan fingerprint density at radius 2 is 2.14 bits per heavy atom. The van der Waals surface area contributed by atoms with E-state index in [0.717, 1.165) is 17.7 Å². The molecule has 2 N–H and O–H groups in total. The highest BCUT2D eigenvalue weighted by atomic mass is 32.2. The van der Waals surface area contributed by atoms with Crippen molar-refractivity contribution in [1.29, 1.82) is 0 Å². The van der Waals surface area contributed by atoms with Gasteiger partial charge in [0, 0.05) is 12.2 Å². The highest BCUT2D eigenvalue weighted by Gasteiger charge is 2.21. The van der Waals surface area contributed by atoms with Crippen molar-refractivity contribution < 1.29 is 17.4 Å². The summed E-state index contributed by atoms with van der Waals surface area (Å²) in [4.78, 5) is -0.675. The van der Waals surface area contributed by atoms with Crippen molar-refractivity contribution in [2.45, 2.75) is 11.3 Å². The predicted molar refractivity (Wildman–Crippen MR) is 48.4 cm³/mol. The van der Waals surface area contributed by atoms with Gasteiger partial charge in [0.15, 0.2) is 0 Å². The molecule has 0 unspecified atom stereocenters. The molecule has 6 heteroatoms. The van der Waals surface area contributed by atoms with Crippen LogP contribution in [0.3, 0.4) is 0 Å². The van der Waals surface area contributed by atoms with E-state index in [0.29, 0.717) is 18.7 Å². The van der Waals surface area contributed by atoms with Crippen LogP contribution in [-0.4, -0.2) is 19.5 Å². The first-order valence-electron chi connectivity index (χ1n) is 4.02. The number of rotatable bonds is 1. The Bertz CT molecular complexity index is 484. The molecule has 2 rings (SSSR count). The largest absolute Gasteiger partial charge is 0.384 e. The van der Waals surface area contributed by atoms with Crippen LogP contribution in [0.4, 0.5) is 10.1 Å². The molecule has 4 nitrogen and oxygen atoms in total. The van der Waals surface area contributed by atoms with E-state index in [-0.39, 0.29) is 0 Å². The Kier molecular flexibility index (Phi) is 1.97. The minimum Gasteiger partial charge on any atom is -0.384 e. The lowest BCUT2D eigenvalue weighted by Gasteiger charge is -2.03. The average Bonchev–Trinajstić information content (AvgIpc) is 2.47. The molecular weight excluding hydrogens is 209 g/mol. The zero-order chi connectivity index (χ0) is 10.3. The minimum atomic E-state index is -4.47. The molecule has 1 aliphatic rings. The van der Waals surface area contributed by atoms with Crippen LogP contribution in [-0.2, 0) is 16.5 Å². The minimum absolute atomic E-state index is 0.569. The molecule has 0 radical (unpaired) electrons. The first-order chi connectivity index (χ1) is 6.48. The van der Waals surface area contributed by atoms with Crippen molar-refractivity contribution in [2.75, 3.05) is 11.9 Å². The summed E-state index contributed by atoms with van der Waals surface area (Å²) in [5.74, 6) is -0.907. The maximum atomic E-state index is 13.2. The van der Waals surface area contributed by atoms with E-state index in [4.69, 9.17) is 4.55 Å². The van der Waals surface area contributed by atoms with Gasteiger partial charge in [0.05, 0.1) is 0 Å². The first kappa shape index (κ1) is 9.42. The summed E-state index contributed by atoms with van der Waals surface area (Å²) in [7, 11) is -4.47. The fourth-order valence-electron chi connectivity index (χ4n) is 1.50. The summed E-state index contributed by atoms with van der Waals surface area (Å²) in [6, 6.07) is 2.26. The van der Waals surface area contributed by atoms with Gasteiger partial charge in [-0.25, -0.2) is 4.39 Å². The van der Waals surface area contributed by atoms with Crippen LogP contribution < -0.4 is 5.32 Å². The van der Waals surface area contributed by atoms with Crippen LogP contribution in [0.2, 0.25) is 0 Å². The van der Waals surface area contributed by atoms with Gasteiger partial charge in [-0.05, 0) is 24.1 Å². The van der Waals surface area contributed by atoms with Gasteiger partial charge < -0.3 is 5.32 Å². The summed E-state index contributed by atoms with van der Waals surface area (Å²) in [6.07, 6.45) is 0.665. The molecule has 0 saturated carbocycles.